The summed E-state index contributed by atoms with van der Waals surface area (Å²) in [5.41, 5.74) is 13.8. The number of amides is 1. The van der Waals surface area contributed by atoms with Crippen LogP contribution in [0.15, 0.2) is 34.9 Å². The van der Waals surface area contributed by atoms with Crippen molar-refractivity contribution in [2.45, 2.75) is 51.3 Å². The van der Waals surface area contributed by atoms with E-state index in [1.165, 1.54) is 19.9 Å². The van der Waals surface area contributed by atoms with Crippen molar-refractivity contribution >= 4 is 27.3 Å². The van der Waals surface area contributed by atoms with Gasteiger partial charge in [-0.2, -0.15) is 5.10 Å². The fraction of sp³-hybridized carbons (Fsp3) is 0.391. The van der Waals surface area contributed by atoms with E-state index < -0.39 is 20.5 Å². The third-order valence-electron chi connectivity index (χ3n) is 5.79. The maximum absolute atomic E-state index is 12.6. The van der Waals surface area contributed by atoms with Crippen LogP contribution < -0.4 is 11.5 Å². The number of rotatable bonds is 9. The third kappa shape index (κ3) is 4.89. The van der Waals surface area contributed by atoms with Crippen molar-refractivity contribution < 1.29 is 22.5 Å². The lowest BCUT2D eigenvalue weighted by Crippen LogP contribution is -2.28. The van der Waals surface area contributed by atoms with E-state index in [9.17, 15) is 18.0 Å². The van der Waals surface area contributed by atoms with E-state index in [0.717, 1.165) is 11.8 Å². The first-order valence-electron chi connectivity index (χ1n) is 10.7. The quantitative estimate of drug-likeness (QED) is 0.464. The molecule has 0 bridgehead atoms. The Bertz CT molecular complexity index is 1330. The number of hydrogen-bond acceptors (Lipinski definition) is 8. The summed E-state index contributed by atoms with van der Waals surface area (Å²) in [6, 6.07) is 8.49. The molecule has 11 heteroatoms. The normalized spacial score (nSPS) is 12.3. The molecule has 0 aliphatic heterocycles. The molecular weight excluding hydrogens is 458 g/mol. The van der Waals surface area contributed by atoms with Crippen LogP contribution in [0.5, 0.6) is 0 Å². The number of nitrogen functional groups attached to an aromatic ring is 1. The highest BCUT2D eigenvalue weighted by atomic mass is 32.2. The Labute approximate surface area is 198 Å². The van der Waals surface area contributed by atoms with Crippen molar-refractivity contribution in [2.75, 3.05) is 12.0 Å². The van der Waals surface area contributed by atoms with Gasteiger partial charge in [-0.3, -0.25) is 9.59 Å². The van der Waals surface area contributed by atoms with Crippen molar-refractivity contribution in [1.29, 1.82) is 0 Å². The minimum atomic E-state index is -3.41. The van der Waals surface area contributed by atoms with E-state index in [4.69, 9.17) is 16.0 Å². The number of aromatic nitrogens is 3. The van der Waals surface area contributed by atoms with Gasteiger partial charge in [0.2, 0.25) is 0 Å². The predicted octanol–water partition coefficient (Wildman–Crippen LogP) is 2.43. The Morgan fingerprint density at radius 2 is 1.76 bits per heavy atom. The van der Waals surface area contributed by atoms with Gasteiger partial charge in [-0.05, 0) is 33.3 Å². The van der Waals surface area contributed by atoms with Gasteiger partial charge in [-0.15, -0.1) is 0 Å². The summed E-state index contributed by atoms with van der Waals surface area (Å²) in [5, 5.41) is 8.29. The Morgan fingerprint density at radius 1 is 1.15 bits per heavy atom. The van der Waals surface area contributed by atoms with Crippen LogP contribution in [0.3, 0.4) is 0 Å². The highest BCUT2D eigenvalue weighted by Crippen LogP contribution is 2.30. The van der Waals surface area contributed by atoms with E-state index in [2.05, 4.69) is 10.3 Å². The molecule has 4 N–H and O–H groups in total. The number of primary amides is 1. The smallest absolute Gasteiger partial charge is 0.254 e. The number of anilines is 1. The molecule has 0 radical (unpaired) electrons. The zero-order chi connectivity index (χ0) is 25.4. The molecule has 3 aromatic rings. The van der Waals surface area contributed by atoms with Gasteiger partial charge in [-0.25, -0.2) is 13.1 Å². The first-order valence-corrected chi connectivity index (χ1v) is 12.6. The molecule has 2 heterocycles. The molecule has 1 aromatic carbocycles. The number of sulfone groups is 1. The molecular formula is C23H29N5O5S. The Kier molecular flexibility index (Phi) is 6.70. The van der Waals surface area contributed by atoms with Crippen LogP contribution in [-0.2, 0) is 32.2 Å². The summed E-state index contributed by atoms with van der Waals surface area (Å²) in [4.78, 5) is 24.5. The lowest BCUT2D eigenvalue weighted by atomic mass is 10.0. The number of nitrogens with two attached hydrogens (primary N) is 2. The minimum absolute atomic E-state index is 0.0181. The maximum atomic E-state index is 12.6. The van der Waals surface area contributed by atoms with Gasteiger partial charge in [0.25, 0.3) is 5.91 Å². The lowest BCUT2D eigenvalue weighted by Gasteiger charge is -2.18. The number of carbonyl (C=O) groups excluding carboxylic acids is 2. The summed E-state index contributed by atoms with van der Waals surface area (Å²) in [5.74, 6) is -0.278. The summed E-state index contributed by atoms with van der Waals surface area (Å²) in [6.07, 6.45) is 1.25. The zero-order valence-electron chi connectivity index (χ0n) is 19.8. The molecule has 0 spiro atoms. The van der Waals surface area contributed by atoms with Gasteiger partial charge in [0.1, 0.15) is 39.1 Å². The highest BCUT2D eigenvalue weighted by Gasteiger charge is 2.35. The molecule has 0 saturated carbocycles. The van der Waals surface area contributed by atoms with Crippen LogP contribution in [0.4, 0.5) is 5.82 Å². The van der Waals surface area contributed by atoms with E-state index in [1.54, 1.807) is 28.9 Å². The second-order valence-corrected chi connectivity index (χ2v) is 11.6. The molecule has 0 aliphatic carbocycles. The monoisotopic (exact) mass is 487 g/mol. The summed E-state index contributed by atoms with van der Waals surface area (Å²) in [7, 11) is -3.41. The predicted molar refractivity (Wildman–Crippen MR) is 128 cm³/mol. The molecule has 0 atom stereocenters. The average molecular weight is 488 g/mol. The van der Waals surface area contributed by atoms with E-state index in [0.29, 0.717) is 17.0 Å². The molecule has 0 saturated heterocycles. The lowest BCUT2D eigenvalue weighted by molar-refractivity contribution is -0.118. The molecule has 0 aliphatic rings. The van der Waals surface area contributed by atoms with E-state index >= 15 is 0 Å². The number of ketones is 1. The fourth-order valence-electron chi connectivity index (χ4n) is 3.42. The second kappa shape index (κ2) is 9.05. The minimum Gasteiger partial charge on any atom is -0.383 e. The van der Waals surface area contributed by atoms with Gasteiger partial charge in [0, 0.05) is 30.3 Å². The number of carbonyl (C=O) groups is 2. The average Bonchev–Trinajstić information content (AvgIpc) is 3.32. The second-order valence-electron chi connectivity index (χ2n) is 9.06. The van der Waals surface area contributed by atoms with Crippen LogP contribution in [-0.4, -0.2) is 41.3 Å². The Morgan fingerprint density at radius 3 is 2.29 bits per heavy atom. The standard InChI is InChI=1S/C23H29N5O5S/c1-13(2)28-21(24)19(22(25)30)20(26-28)15-8-6-14(7-9-15)10-16(29)11-17-12-18(27-33-17)23(3,4)34(5,31)32/h6-9,12-13H,10-11,24H2,1-5H3,(H2,25,30). The van der Waals surface area contributed by atoms with Crippen LogP contribution in [0.25, 0.3) is 11.3 Å². The molecule has 10 nitrogen and oxygen atoms in total. The van der Waals surface area contributed by atoms with Gasteiger partial charge in [0.15, 0.2) is 9.84 Å². The number of hydrogen-bond donors (Lipinski definition) is 2. The summed E-state index contributed by atoms with van der Waals surface area (Å²) in [6.45, 7) is 6.86. The van der Waals surface area contributed by atoms with Crippen molar-refractivity contribution in [3.63, 3.8) is 0 Å². The van der Waals surface area contributed by atoms with Gasteiger partial charge >= 0.3 is 0 Å². The zero-order valence-corrected chi connectivity index (χ0v) is 20.6. The molecule has 1 amide bonds. The van der Waals surface area contributed by atoms with Crippen LogP contribution >= 0.6 is 0 Å². The fourth-order valence-corrected chi connectivity index (χ4v) is 3.90. The molecule has 0 fully saturated rings. The van der Waals surface area contributed by atoms with Gasteiger partial charge in [0.05, 0.1) is 6.42 Å². The van der Waals surface area contributed by atoms with Crippen molar-refractivity contribution in [2.24, 2.45) is 5.73 Å². The number of benzene rings is 1. The van der Waals surface area contributed by atoms with Crippen LogP contribution in [0, 0.1) is 0 Å². The summed E-state index contributed by atoms with van der Waals surface area (Å²) < 4.78 is 29.5. The molecule has 34 heavy (non-hydrogen) atoms. The van der Waals surface area contributed by atoms with Crippen molar-refractivity contribution in [1.82, 2.24) is 14.9 Å². The SMILES string of the molecule is CC(C)n1nc(-c2ccc(CC(=O)Cc3cc(C(C)(C)S(C)(=O)=O)no3)cc2)c(C(N)=O)c1N. The van der Waals surface area contributed by atoms with Crippen LogP contribution in [0.2, 0.25) is 0 Å². The largest absolute Gasteiger partial charge is 0.383 e. The van der Waals surface area contributed by atoms with Gasteiger partial charge < -0.3 is 16.0 Å². The van der Waals surface area contributed by atoms with Gasteiger partial charge in [-0.1, -0.05) is 29.4 Å². The molecule has 0 unspecified atom stereocenters. The van der Waals surface area contributed by atoms with E-state index in [-0.39, 0.29) is 41.7 Å². The molecule has 182 valence electrons. The first-order chi connectivity index (χ1) is 15.7. The number of Topliss-reactive ketones (excluding diaryl/α,β-unsaturated/α-hetero) is 1. The maximum Gasteiger partial charge on any atom is 0.254 e. The van der Waals surface area contributed by atoms with E-state index in [1.807, 2.05) is 13.8 Å². The van der Waals surface area contributed by atoms with Crippen molar-refractivity contribution in [3.8, 4) is 11.3 Å². The molecule has 3 rings (SSSR count). The van der Waals surface area contributed by atoms with Crippen molar-refractivity contribution in [3.05, 3.63) is 52.9 Å². The Hall–Kier alpha value is -3.47. The first kappa shape index (κ1) is 25.2. The Balaban J connectivity index is 1.75. The highest BCUT2D eigenvalue weighted by molar-refractivity contribution is 7.91. The topological polar surface area (TPSA) is 164 Å². The molecule has 2 aromatic heterocycles. The summed E-state index contributed by atoms with van der Waals surface area (Å²) >= 11 is 0. The third-order valence-corrected chi connectivity index (χ3v) is 7.85. The number of nitrogens with zero attached hydrogens (tertiary/aromatic N) is 3. The van der Waals surface area contributed by atoms with Crippen LogP contribution in [0.1, 0.15) is 61.1 Å².